The third-order valence-corrected chi connectivity index (χ3v) is 5.04. The van der Waals surface area contributed by atoms with E-state index in [1.165, 1.54) is 16.8 Å². The molecule has 0 radical (unpaired) electrons. The van der Waals surface area contributed by atoms with Crippen molar-refractivity contribution < 1.29 is 4.79 Å². The van der Waals surface area contributed by atoms with Crippen molar-refractivity contribution in [2.24, 2.45) is 5.41 Å². The topological polar surface area (TPSA) is 32.3 Å². The monoisotopic (exact) mass is 272 g/mol. The molecule has 2 aliphatic heterocycles. The summed E-state index contributed by atoms with van der Waals surface area (Å²) in [7, 11) is 0. The number of carbonyl (C=O) groups is 1. The largest absolute Gasteiger partial charge is 0.316 e. The van der Waals surface area contributed by atoms with Crippen LogP contribution < -0.4 is 10.2 Å². The van der Waals surface area contributed by atoms with Gasteiger partial charge in [0.15, 0.2) is 0 Å². The first-order valence-corrected chi connectivity index (χ1v) is 7.79. The lowest BCUT2D eigenvalue weighted by Crippen LogP contribution is -2.47. The molecule has 1 saturated heterocycles. The summed E-state index contributed by atoms with van der Waals surface area (Å²) in [6.45, 7) is 6.94. The smallest absolute Gasteiger partial charge is 0.234 e. The van der Waals surface area contributed by atoms with Crippen LogP contribution in [0.25, 0.3) is 0 Å². The van der Waals surface area contributed by atoms with Gasteiger partial charge in [0.05, 0.1) is 5.41 Å². The second-order valence-corrected chi connectivity index (χ2v) is 6.20. The van der Waals surface area contributed by atoms with E-state index in [1.54, 1.807) is 0 Å². The Morgan fingerprint density at radius 2 is 2.30 bits per heavy atom. The fraction of sp³-hybridized carbons (Fsp3) is 0.588. The third-order valence-electron chi connectivity index (χ3n) is 5.04. The average Bonchev–Trinajstić information content (AvgIpc) is 2.96. The molecule has 1 fully saturated rings. The Kier molecular flexibility index (Phi) is 3.55. The maximum atomic E-state index is 13.2. The number of rotatable bonds is 2. The van der Waals surface area contributed by atoms with Gasteiger partial charge in [0.2, 0.25) is 5.91 Å². The van der Waals surface area contributed by atoms with Crippen LogP contribution in [0.15, 0.2) is 18.2 Å². The molecule has 0 aromatic heterocycles. The first-order chi connectivity index (χ1) is 9.68. The van der Waals surface area contributed by atoms with Gasteiger partial charge in [0.1, 0.15) is 0 Å². The molecule has 0 bridgehead atoms. The molecule has 0 spiro atoms. The molecule has 3 heteroatoms. The molecular formula is C17H24N2O. The highest BCUT2D eigenvalue weighted by Crippen LogP contribution is 2.37. The van der Waals surface area contributed by atoms with Crippen molar-refractivity contribution in [3.63, 3.8) is 0 Å². The zero-order chi connectivity index (χ0) is 14.2. The lowest BCUT2D eigenvalue weighted by molar-refractivity contribution is -0.127. The third kappa shape index (κ3) is 2.05. The van der Waals surface area contributed by atoms with E-state index in [0.717, 1.165) is 45.3 Å². The van der Waals surface area contributed by atoms with Crippen LogP contribution in [0, 0.1) is 12.3 Å². The van der Waals surface area contributed by atoms with Crippen molar-refractivity contribution in [2.45, 2.75) is 39.5 Å². The highest BCUT2D eigenvalue weighted by atomic mass is 16.2. The van der Waals surface area contributed by atoms with Crippen LogP contribution in [0.3, 0.4) is 0 Å². The van der Waals surface area contributed by atoms with Gasteiger partial charge in [0.25, 0.3) is 0 Å². The minimum Gasteiger partial charge on any atom is -0.316 e. The minimum atomic E-state index is -0.184. The Morgan fingerprint density at radius 1 is 1.45 bits per heavy atom. The van der Waals surface area contributed by atoms with Crippen molar-refractivity contribution >= 4 is 11.6 Å². The molecule has 3 nitrogen and oxygen atoms in total. The molecule has 1 aromatic rings. The van der Waals surface area contributed by atoms with Crippen molar-refractivity contribution in [2.75, 3.05) is 24.5 Å². The Bertz CT molecular complexity index is 518. The van der Waals surface area contributed by atoms with Crippen LogP contribution in [-0.2, 0) is 11.2 Å². The van der Waals surface area contributed by atoms with Gasteiger partial charge in [-0.05, 0) is 50.3 Å². The minimum absolute atomic E-state index is 0.184. The van der Waals surface area contributed by atoms with Crippen LogP contribution >= 0.6 is 0 Å². The molecule has 2 aliphatic rings. The number of anilines is 1. The van der Waals surface area contributed by atoms with Crippen molar-refractivity contribution in [3.05, 3.63) is 29.3 Å². The first kappa shape index (κ1) is 13.6. The SMILES string of the molecule is CCC1(C(=O)N2CCCc3cccc(C)c32)CCNC1. The molecule has 1 unspecified atom stereocenters. The van der Waals surface area contributed by atoms with Crippen LogP contribution in [-0.4, -0.2) is 25.5 Å². The fourth-order valence-electron chi connectivity index (χ4n) is 3.72. The van der Waals surface area contributed by atoms with Gasteiger partial charge < -0.3 is 10.2 Å². The summed E-state index contributed by atoms with van der Waals surface area (Å²) in [6, 6.07) is 6.40. The Hall–Kier alpha value is -1.35. The molecule has 1 atom stereocenters. The lowest BCUT2D eigenvalue weighted by Gasteiger charge is -2.37. The van der Waals surface area contributed by atoms with Crippen LogP contribution in [0.1, 0.15) is 37.3 Å². The zero-order valence-corrected chi connectivity index (χ0v) is 12.5. The molecule has 108 valence electrons. The molecule has 0 saturated carbocycles. The van der Waals surface area contributed by atoms with Crippen LogP contribution in [0.5, 0.6) is 0 Å². The van der Waals surface area contributed by atoms with Crippen molar-refractivity contribution in [3.8, 4) is 0 Å². The van der Waals surface area contributed by atoms with E-state index in [1.807, 2.05) is 0 Å². The molecule has 1 aromatic carbocycles. The maximum absolute atomic E-state index is 13.2. The first-order valence-electron chi connectivity index (χ1n) is 7.79. The highest BCUT2D eigenvalue weighted by Gasteiger charge is 2.43. The number of hydrogen-bond acceptors (Lipinski definition) is 2. The average molecular weight is 272 g/mol. The summed E-state index contributed by atoms with van der Waals surface area (Å²) < 4.78 is 0. The summed E-state index contributed by atoms with van der Waals surface area (Å²) in [5, 5.41) is 3.38. The number of hydrogen-bond donors (Lipinski definition) is 1. The normalized spacial score (nSPS) is 25.6. The number of fused-ring (bicyclic) bond motifs is 1. The van der Waals surface area contributed by atoms with Gasteiger partial charge in [-0.3, -0.25) is 4.79 Å². The van der Waals surface area contributed by atoms with Gasteiger partial charge in [-0.1, -0.05) is 25.1 Å². The number of nitrogens with zero attached hydrogens (tertiary/aromatic N) is 1. The van der Waals surface area contributed by atoms with Gasteiger partial charge in [0, 0.05) is 18.8 Å². The van der Waals surface area contributed by atoms with E-state index in [9.17, 15) is 4.79 Å². The predicted octanol–water partition coefficient (Wildman–Crippen LogP) is 2.66. The van der Waals surface area contributed by atoms with E-state index in [2.05, 4.69) is 42.3 Å². The summed E-state index contributed by atoms with van der Waals surface area (Å²) in [5.74, 6) is 0.334. The Labute approximate surface area is 121 Å². The molecular weight excluding hydrogens is 248 g/mol. The lowest BCUT2D eigenvalue weighted by atomic mass is 9.81. The summed E-state index contributed by atoms with van der Waals surface area (Å²) in [4.78, 5) is 15.2. The predicted molar refractivity (Wildman–Crippen MR) is 82.1 cm³/mol. The van der Waals surface area contributed by atoms with E-state index < -0.39 is 0 Å². The number of benzene rings is 1. The summed E-state index contributed by atoms with van der Waals surface area (Å²) in [6.07, 6.45) is 4.07. The summed E-state index contributed by atoms with van der Waals surface area (Å²) in [5.41, 5.74) is 3.56. The van der Waals surface area contributed by atoms with Crippen molar-refractivity contribution in [1.82, 2.24) is 5.32 Å². The van der Waals surface area contributed by atoms with Gasteiger partial charge in [-0.25, -0.2) is 0 Å². The van der Waals surface area contributed by atoms with Gasteiger partial charge >= 0.3 is 0 Å². The van der Waals surface area contributed by atoms with E-state index in [-0.39, 0.29) is 5.41 Å². The number of nitrogens with one attached hydrogen (secondary N) is 1. The second kappa shape index (κ2) is 5.21. The second-order valence-electron chi connectivity index (χ2n) is 6.20. The number of amides is 1. The molecule has 20 heavy (non-hydrogen) atoms. The zero-order valence-electron chi connectivity index (χ0n) is 12.5. The number of aryl methyl sites for hydroxylation is 2. The molecule has 1 N–H and O–H groups in total. The molecule has 1 amide bonds. The maximum Gasteiger partial charge on any atom is 0.234 e. The molecule has 2 heterocycles. The Balaban J connectivity index is 1.98. The molecule has 0 aliphatic carbocycles. The van der Waals surface area contributed by atoms with E-state index >= 15 is 0 Å². The standard InChI is InChI=1S/C17H24N2O/c1-3-17(9-10-18-12-17)16(20)19-11-5-8-14-7-4-6-13(2)15(14)19/h4,6-7,18H,3,5,8-12H2,1-2H3. The number of carbonyl (C=O) groups excluding carboxylic acids is 1. The highest BCUT2D eigenvalue weighted by molar-refractivity contribution is 5.99. The van der Waals surface area contributed by atoms with E-state index in [4.69, 9.17) is 0 Å². The quantitative estimate of drug-likeness (QED) is 0.897. The fourth-order valence-corrected chi connectivity index (χ4v) is 3.72. The number of para-hydroxylation sites is 1. The summed E-state index contributed by atoms with van der Waals surface area (Å²) >= 11 is 0. The molecule has 3 rings (SSSR count). The van der Waals surface area contributed by atoms with Crippen LogP contribution in [0.2, 0.25) is 0 Å². The van der Waals surface area contributed by atoms with E-state index in [0.29, 0.717) is 5.91 Å². The van der Waals surface area contributed by atoms with Gasteiger partial charge in [-0.15, -0.1) is 0 Å². The van der Waals surface area contributed by atoms with Crippen LogP contribution in [0.4, 0.5) is 5.69 Å². The Morgan fingerprint density at radius 3 is 3.00 bits per heavy atom. The van der Waals surface area contributed by atoms with Gasteiger partial charge in [-0.2, -0.15) is 0 Å². The van der Waals surface area contributed by atoms with Crippen molar-refractivity contribution in [1.29, 1.82) is 0 Å².